The van der Waals surface area contributed by atoms with E-state index in [2.05, 4.69) is 198 Å². The molecular weight excluding hydrogens is 616 g/mol. The van der Waals surface area contributed by atoms with Gasteiger partial charge in [-0.3, -0.25) is 0 Å². The molecule has 0 aliphatic carbocycles. The van der Waals surface area contributed by atoms with Crippen molar-refractivity contribution in [3.63, 3.8) is 0 Å². The summed E-state index contributed by atoms with van der Waals surface area (Å²) in [5.41, 5.74) is 3.95. The van der Waals surface area contributed by atoms with E-state index in [1.54, 1.807) is 0 Å². The molecule has 47 heavy (non-hydrogen) atoms. The van der Waals surface area contributed by atoms with Gasteiger partial charge in [0.2, 0.25) is 0 Å². The number of benzene rings is 5. The van der Waals surface area contributed by atoms with E-state index >= 15 is 0 Å². The number of aryl methyl sites for hydroxylation is 1. The molecule has 2 heteroatoms. The molecule has 0 saturated carbocycles. The number of hydrogen-bond donors (Lipinski definition) is 0. The van der Waals surface area contributed by atoms with Crippen molar-refractivity contribution in [3.05, 3.63) is 183 Å². The Morgan fingerprint density at radius 3 is 1.60 bits per heavy atom. The van der Waals surface area contributed by atoms with Crippen LogP contribution in [0.5, 0.6) is 0 Å². The molecule has 0 unspecified atom stereocenters. The molecule has 0 aliphatic heterocycles. The predicted octanol–water partition coefficient (Wildman–Crippen LogP) is 11.7. The van der Waals surface area contributed by atoms with Crippen LogP contribution in [0.15, 0.2) is 164 Å². The zero-order chi connectivity index (χ0) is 32.8. The number of hydrogen-bond acceptors (Lipinski definition) is 0. The summed E-state index contributed by atoms with van der Waals surface area (Å²) in [7, 11) is 0.777. The van der Waals surface area contributed by atoms with Crippen LogP contribution in [0.25, 0.3) is 32.7 Å². The largest absolute Gasteiger partial charge is 4.00 e. The summed E-state index contributed by atoms with van der Waals surface area (Å²) in [6.07, 6.45) is 4.56. The van der Waals surface area contributed by atoms with Gasteiger partial charge in [0.1, 0.15) is 9.52 Å². The average molecular weight is 665 g/mol. The van der Waals surface area contributed by atoms with Crippen LogP contribution < -0.4 is 10.4 Å². The van der Waals surface area contributed by atoms with E-state index in [0.717, 1.165) is 22.4 Å². The van der Waals surface area contributed by atoms with Crippen LogP contribution in [0.4, 0.5) is 0 Å². The molecule has 0 amide bonds. The first-order chi connectivity index (χ1) is 22.6. The van der Waals surface area contributed by atoms with Crippen molar-refractivity contribution in [2.24, 2.45) is 0 Å². The standard InChI is InChI=1S/C15H11.C12H10Si.C10H9.2C4H9.Ti/c1-2-6-12(7-3-1)14-10-4-8-13-9-5-11-15(13)14;1-3-7-11(8-4-1)13-12-9-5-2-6-10-12;1-8-6-9-4-2-3-5-10(9)7-8;2*1-3-4-2;/h1-11H;1-10H;2-7H,1H3;2*1,3-4H2,2H3;/q-1;;3*-1;+4. The van der Waals surface area contributed by atoms with Crippen molar-refractivity contribution in [3.8, 4) is 11.1 Å². The van der Waals surface area contributed by atoms with Crippen LogP contribution in [0.1, 0.15) is 45.1 Å². The number of fused-ring (bicyclic) bond motifs is 2. The first-order valence-electron chi connectivity index (χ1n) is 16.4. The van der Waals surface area contributed by atoms with Crippen molar-refractivity contribution in [1.29, 1.82) is 0 Å². The average Bonchev–Trinajstić information content (AvgIpc) is 3.76. The monoisotopic (exact) mass is 664 g/mol. The minimum atomic E-state index is 0. The second kappa shape index (κ2) is 23.6. The molecule has 0 aliphatic rings. The summed E-state index contributed by atoms with van der Waals surface area (Å²) in [6.45, 7) is 13.6. The minimum absolute atomic E-state index is 0. The quantitative estimate of drug-likeness (QED) is 0.127. The Hall–Kier alpha value is -3.75. The summed E-state index contributed by atoms with van der Waals surface area (Å²) in [6, 6.07) is 57.4. The summed E-state index contributed by atoms with van der Waals surface area (Å²) in [5.74, 6) is 0. The topological polar surface area (TPSA) is 0 Å². The Bertz CT molecular complexity index is 1670. The predicted molar refractivity (Wildman–Crippen MR) is 208 cm³/mol. The van der Waals surface area contributed by atoms with Gasteiger partial charge in [0.15, 0.2) is 0 Å². The molecule has 0 atom stereocenters. The van der Waals surface area contributed by atoms with Gasteiger partial charge in [-0.25, -0.2) is 0 Å². The van der Waals surface area contributed by atoms with E-state index < -0.39 is 0 Å². The van der Waals surface area contributed by atoms with Gasteiger partial charge in [0.05, 0.1) is 0 Å². The third kappa shape index (κ3) is 14.3. The van der Waals surface area contributed by atoms with Gasteiger partial charge in [-0.15, -0.1) is 69.6 Å². The fourth-order valence-electron chi connectivity index (χ4n) is 4.55. The first kappa shape index (κ1) is 39.4. The second-order valence-corrected chi connectivity index (χ2v) is 12.3. The third-order valence-corrected chi connectivity index (χ3v) is 8.31. The maximum absolute atomic E-state index is 3.60. The minimum Gasteiger partial charge on any atom is -0.343 e. The molecule has 0 fully saturated rings. The molecule has 0 spiro atoms. The van der Waals surface area contributed by atoms with Crippen LogP contribution >= 0.6 is 0 Å². The van der Waals surface area contributed by atoms with Crippen molar-refractivity contribution in [1.82, 2.24) is 0 Å². The Morgan fingerprint density at radius 1 is 0.574 bits per heavy atom. The molecule has 0 N–H and O–H groups in total. The summed E-state index contributed by atoms with van der Waals surface area (Å²) in [5, 5.41) is 8.14. The zero-order valence-electron chi connectivity index (χ0n) is 28.3. The fourth-order valence-corrected chi connectivity index (χ4v) is 5.60. The van der Waals surface area contributed by atoms with Crippen LogP contribution in [0.3, 0.4) is 0 Å². The maximum atomic E-state index is 3.60. The van der Waals surface area contributed by atoms with Gasteiger partial charge < -0.3 is 13.8 Å². The van der Waals surface area contributed by atoms with Gasteiger partial charge >= 0.3 is 21.7 Å². The van der Waals surface area contributed by atoms with Crippen molar-refractivity contribution in [2.45, 2.75) is 46.5 Å². The first-order valence-corrected chi connectivity index (χ1v) is 17.4. The summed E-state index contributed by atoms with van der Waals surface area (Å²) >= 11 is 0. The molecule has 7 rings (SSSR count). The maximum Gasteiger partial charge on any atom is 4.00 e. The molecule has 0 aromatic heterocycles. The van der Waals surface area contributed by atoms with Crippen molar-refractivity contribution in [2.75, 3.05) is 0 Å². The van der Waals surface area contributed by atoms with Gasteiger partial charge in [-0.05, 0) is 5.56 Å². The molecule has 7 aromatic carbocycles. The Labute approximate surface area is 302 Å². The smallest absolute Gasteiger partial charge is 0.343 e. The normalized spacial score (nSPS) is 9.64. The molecule has 0 bridgehead atoms. The van der Waals surface area contributed by atoms with E-state index in [0.29, 0.717) is 0 Å². The van der Waals surface area contributed by atoms with Crippen LogP contribution in [0, 0.1) is 20.8 Å². The summed E-state index contributed by atoms with van der Waals surface area (Å²) in [4.78, 5) is 0. The molecule has 7 aromatic rings. The Kier molecular flexibility index (Phi) is 19.8. The van der Waals surface area contributed by atoms with E-state index in [9.17, 15) is 0 Å². The van der Waals surface area contributed by atoms with Gasteiger partial charge in [0, 0.05) is 0 Å². The second-order valence-electron chi connectivity index (χ2n) is 10.9. The van der Waals surface area contributed by atoms with Crippen LogP contribution in [-0.4, -0.2) is 9.52 Å². The zero-order valence-corrected chi connectivity index (χ0v) is 30.9. The molecule has 0 saturated heterocycles. The van der Waals surface area contributed by atoms with Crippen LogP contribution in [-0.2, 0) is 21.7 Å². The Balaban J connectivity index is 0.000000221. The fraction of sp³-hybridized carbons (Fsp3) is 0.156. The number of rotatable bonds is 5. The molecule has 0 heterocycles. The van der Waals surface area contributed by atoms with E-state index in [1.165, 1.54) is 61.5 Å². The van der Waals surface area contributed by atoms with Crippen LogP contribution in [0.2, 0.25) is 0 Å². The van der Waals surface area contributed by atoms with Gasteiger partial charge in [-0.2, -0.15) is 31.0 Å². The van der Waals surface area contributed by atoms with Crippen molar-refractivity contribution >= 4 is 41.4 Å². The van der Waals surface area contributed by atoms with E-state index in [4.69, 9.17) is 0 Å². The Morgan fingerprint density at radius 2 is 1.06 bits per heavy atom. The van der Waals surface area contributed by atoms with Gasteiger partial charge in [-0.1, -0.05) is 153 Å². The van der Waals surface area contributed by atoms with Gasteiger partial charge in [0.25, 0.3) is 0 Å². The molecular formula is C45H48SiTi. The molecule has 2 radical (unpaired) electrons. The van der Waals surface area contributed by atoms with E-state index in [1.807, 2.05) is 0 Å². The SMILES string of the molecule is Cc1cc2ccccc2[cH-]1.[CH2-]CCC.[CH2-]CCC.[Ti+4].c1ccc(-c2cccc3[cH-]ccc23)cc1.c1ccc([Si]c2ccccc2)cc1. The summed E-state index contributed by atoms with van der Waals surface area (Å²) < 4.78 is 0. The van der Waals surface area contributed by atoms with Crippen molar-refractivity contribution < 1.29 is 21.7 Å². The number of unbranched alkanes of at least 4 members (excludes halogenated alkanes) is 2. The third-order valence-electron chi connectivity index (χ3n) is 7.07. The van der Waals surface area contributed by atoms with E-state index in [-0.39, 0.29) is 21.7 Å². The molecule has 0 nitrogen and oxygen atoms in total. The molecule has 236 valence electrons.